The molecule has 0 atom stereocenters. The minimum atomic E-state index is -0.505. The van der Waals surface area contributed by atoms with Crippen LogP contribution in [0.1, 0.15) is 17.5 Å². The molecule has 0 saturated heterocycles. The Morgan fingerprint density at radius 2 is 2.12 bits per heavy atom. The fraction of sp³-hybridized carbons (Fsp3) is 0.333. The maximum atomic E-state index is 11.7. The summed E-state index contributed by atoms with van der Waals surface area (Å²) >= 11 is 0. The highest BCUT2D eigenvalue weighted by molar-refractivity contribution is 6.00. The van der Waals surface area contributed by atoms with Gasteiger partial charge in [-0.2, -0.15) is 0 Å². The third-order valence-electron chi connectivity index (χ3n) is 2.89. The van der Waals surface area contributed by atoms with Gasteiger partial charge in [0.05, 0.1) is 0 Å². The van der Waals surface area contributed by atoms with Gasteiger partial charge in [-0.3, -0.25) is 9.59 Å². The predicted molar refractivity (Wildman–Crippen MR) is 64.2 cm³/mol. The number of carbonyl (C=O) groups is 2. The van der Waals surface area contributed by atoms with E-state index in [4.69, 9.17) is 11.5 Å². The molecule has 1 heterocycles. The van der Waals surface area contributed by atoms with Gasteiger partial charge >= 0.3 is 0 Å². The normalized spacial score (nSPS) is 14.6. The van der Waals surface area contributed by atoms with Crippen LogP contribution in [0.5, 0.6) is 0 Å². The van der Waals surface area contributed by atoms with Gasteiger partial charge in [-0.25, -0.2) is 0 Å². The number of amides is 2. The van der Waals surface area contributed by atoms with E-state index in [1.54, 1.807) is 0 Å². The molecule has 2 rings (SSSR count). The minimum Gasteiger partial charge on any atom is -0.368 e. The van der Waals surface area contributed by atoms with Gasteiger partial charge < -0.3 is 16.4 Å². The molecule has 0 aliphatic carbocycles. The van der Waals surface area contributed by atoms with Gasteiger partial charge in [-0.15, -0.1) is 0 Å². The number of fused-ring (bicyclic) bond motifs is 1. The Hall–Kier alpha value is -1.88. The molecular formula is C12H15N3O2. The second kappa shape index (κ2) is 4.55. The third-order valence-corrected chi connectivity index (χ3v) is 2.89. The first-order valence-electron chi connectivity index (χ1n) is 5.52. The van der Waals surface area contributed by atoms with Crippen molar-refractivity contribution in [3.05, 3.63) is 29.3 Å². The van der Waals surface area contributed by atoms with Crippen molar-refractivity contribution in [2.75, 3.05) is 11.4 Å². The summed E-state index contributed by atoms with van der Waals surface area (Å²) in [4.78, 5) is 24.1. The average molecular weight is 233 g/mol. The number of benzene rings is 1. The van der Waals surface area contributed by atoms with Crippen LogP contribution in [0.3, 0.4) is 0 Å². The Labute approximate surface area is 99.4 Å². The average Bonchev–Trinajstić information content (AvgIpc) is 2.32. The summed E-state index contributed by atoms with van der Waals surface area (Å²) in [6, 6.07) is 5.68. The van der Waals surface area contributed by atoms with Crippen molar-refractivity contribution in [3.8, 4) is 0 Å². The zero-order valence-corrected chi connectivity index (χ0v) is 9.48. The third kappa shape index (κ3) is 2.29. The van der Waals surface area contributed by atoms with Crippen molar-refractivity contribution in [1.29, 1.82) is 0 Å². The Bertz CT molecular complexity index is 471. The first-order chi connectivity index (χ1) is 8.11. The number of nitrogens with two attached hydrogens (primary N) is 2. The summed E-state index contributed by atoms with van der Waals surface area (Å²) in [5.41, 5.74) is 13.6. The SMILES string of the molecule is NCc1ccc2c(c1)CCC(=O)N2CC(N)=O. The smallest absolute Gasteiger partial charge is 0.237 e. The Kier molecular flexibility index (Phi) is 3.10. The molecular weight excluding hydrogens is 218 g/mol. The lowest BCUT2D eigenvalue weighted by Gasteiger charge is -2.28. The lowest BCUT2D eigenvalue weighted by atomic mass is 9.98. The molecule has 0 aromatic heterocycles. The summed E-state index contributed by atoms with van der Waals surface area (Å²) in [6.07, 6.45) is 1.10. The van der Waals surface area contributed by atoms with E-state index in [-0.39, 0.29) is 12.5 Å². The van der Waals surface area contributed by atoms with Crippen molar-refractivity contribution in [1.82, 2.24) is 0 Å². The summed E-state index contributed by atoms with van der Waals surface area (Å²) in [5.74, 6) is -0.564. The van der Waals surface area contributed by atoms with Gasteiger partial charge in [-0.1, -0.05) is 12.1 Å². The molecule has 5 nitrogen and oxygen atoms in total. The molecule has 0 unspecified atom stereocenters. The predicted octanol–water partition coefficient (Wildman–Crippen LogP) is -0.0902. The lowest BCUT2D eigenvalue weighted by molar-refractivity contribution is -0.122. The zero-order chi connectivity index (χ0) is 12.4. The fourth-order valence-electron chi connectivity index (χ4n) is 2.07. The van der Waals surface area contributed by atoms with E-state index in [1.165, 1.54) is 4.90 Å². The number of carbonyl (C=O) groups excluding carboxylic acids is 2. The molecule has 0 bridgehead atoms. The van der Waals surface area contributed by atoms with Gasteiger partial charge in [0.2, 0.25) is 11.8 Å². The van der Waals surface area contributed by atoms with E-state index in [2.05, 4.69) is 0 Å². The molecule has 17 heavy (non-hydrogen) atoms. The molecule has 5 heteroatoms. The molecule has 1 aromatic carbocycles. The topological polar surface area (TPSA) is 89.4 Å². The van der Waals surface area contributed by atoms with E-state index in [9.17, 15) is 9.59 Å². The molecule has 4 N–H and O–H groups in total. The Balaban J connectivity index is 2.37. The van der Waals surface area contributed by atoms with E-state index in [0.717, 1.165) is 16.8 Å². The Morgan fingerprint density at radius 1 is 1.35 bits per heavy atom. The highest BCUT2D eigenvalue weighted by atomic mass is 16.2. The quantitative estimate of drug-likeness (QED) is 0.764. The molecule has 1 aromatic rings. The summed E-state index contributed by atoms with van der Waals surface area (Å²) in [7, 11) is 0. The number of hydrogen-bond donors (Lipinski definition) is 2. The van der Waals surface area contributed by atoms with E-state index < -0.39 is 5.91 Å². The van der Waals surface area contributed by atoms with Crippen molar-refractivity contribution >= 4 is 17.5 Å². The lowest BCUT2D eigenvalue weighted by Crippen LogP contribution is -2.41. The molecule has 2 amide bonds. The second-order valence-corrected chi connectivity index (χ2v) is 4.11. The number of aryl methyl sites for hydroxylation is 1. The highest BCUT2D eigenvalue weighted by Gasteiger charge is 2.25. The van der Waals surface area contributed by atoms with Crippen LogP contribution in [0.2, 0.25) is 0 Å². The summed E-state index contributed by atoms with van der Waals surface area (Å²) < 4.78 is 0. The Morgan fingerprint density at radius 3 is 2.76 bits per heavy atom. The van der Waals surface area contributed by atoms with Crippen LogP contribution < -0.4 is 16.4 Å². The van der Waals surface area contributed by atoms with Crippen LogP contribution in [-0.4, -0.2) is 18.4 Å². The molecule has 1 aliphatic rings. The van der Waals surface area contributed by atoms with Crippen LogP contribution in [-0.2, 0) is 22.6 Å². The molecule has 0 radical (unpaired) electrons. The van der Waals surface area contributed by atoms with Crippen molar-refractivity contribution < 1.29 is 9.59 Å². The highest BCUT2D eigenvalue weighted by Crippen LogP contribution is 2.28. The molecule has 0 saturated carbocycles. The summed E-state index contributed by atoms with van der Waals surface area (Å²) in [5, 5.41) is 0. The standard InChI is InChI=1S/C12H15N3O2/c13-6-8-1-3-10-9(5-8)2-4-12(17)15(10)7-11(14)16/h1,3,5H,2,4,6-7,13H2,(H2,14,16). The van der Waals surface area contributed by atoms with Gasteiger partial charge in [0, 0.05) is 18.7 Å². The number of hydrogen-bond acceptors (Lipinski definition) is 3. The summed E-state index contributed by atoms with van der Waals surface area (Å²) in [6.45, 7) is 0.408. The van der Waals surface area contributed by atoms with Gasteiger partial charge in [0.1, 0.15) is 6.54 Å². The van der Waals surface area contributed by atoms with Gasteiger partial charge in [-0.05, 0) is 23.6 Å². The largest absolute Gasteiger partial charge is 0.368 e. The molecule has 0 fully saturated rings. The second-order valence-electron chi connectivity index (χ2n) is 4.11. The fourth-order valence-corrected chi connectivity index (χ4v) is 2.07. The van der Waals surface area contributed by atoms with Crippen molar-refractivity contribution in [3.63, 3.8) is 0 Å². The van der Waals surface area contributed by atoms with E-state index in [1.807, 2.05) is 18.2 Å². The number of rotatable bonds is 3. The number of anilines is 1. The number of primary amides is 1. The first-order valence-corrected chi connectivity index (χ1v) is 5.52. The molecule has 0 spiro atoms. The van der Waals surface area contributed by atoms with Crippen LogP contribution in [0.25, 0.3) is 0 Å². The van der Waals surface area contributed by atoms with Crippen LogP contribution in [0.4, 0.5) is 5.69 Å². The minimum absolute atomic E-state index is 0.0585. The maximum Gasteiger partial charge on any atom is 0.237 e. The van der Waals surface area contributed by atoms with Gasteiger partial charge in [0.25, 0.3) is 0 Å². The van der Waals surface area contributed by atoms with E-state index in [0.29, 0.717) is 19.4 Å². The van der Waals surface area contributed by atoms with Crippen LogP contribution in [0.15, 0.2) is 18.2 Å². The zero-order valence-electron chi connectivity index (χ0n) is 9.48. The molecule has 1 aliphatic heterocycles. The first kappa shape index (κ1) is 11.6. The molecule has 90 valence electrons. The van der Waals surface area contributed by atoms with Crippen molar-refractivity contribution in [2.24, 2.45) is 11.5 Å². The van der Waals surface area contributed by atoms with E-state index >= 15 is 0 Å². The maximum absolute atomic E-state index is 11.7. The van der Waals surface area contributed by atoms with Crippen LogP contribution in [0, 0.1) is 0 Å². The number of nitrogens with zero attached hydrogens (tertiary/aromatic N) is 1. The monoisotopic (exact) mass is 233 g/mol. The van der Waals surface area contributed by atoms with Gasteiger partial charge in [0.15, 0.2) is 0 Å². The van der Waals surface area contributed by atoms with Crippen molar-refractivity contribution in [2.45, 2.75) is 19.4 Å². The van der Waals surface area contributed by atoms with Crippen LogP contribution >= 0.6 is 0 Å².